The first-order valence-corrected chi connectivity index (χ1v) is 4.95. The van der Waals surface area contributed by atoms with Crippen molar-refractivity contribution in [3.8, 4) is 5.75 Å². The van der Waals surface area contributed by atoms with E-state index in [1.165, 1.54) is 7.05 Å². The van der Waals surface area contributed by atoms with Gasteiger partial charge in [-0.05, 0) is 12.1 Å². The van der Waals surface area contributed by atoms with Crippen molar-refractivity contribution in [3.05, 3.63) is 24.3 Å². The number of carbonyl (C=O) groups is 2. The lowest BCUT2D eigenvalue weighted by Gasteiger charge is -2.06. The summed E-state index contributed by atoms with van der Waals surface area (Å²) in [7, 11) is 1.48. The Labute approximate surface area is 93.8 Å². The predicted molar refractivity (Wildman–Crippen MR) is 60.4 cm³/mol. The van der Waals surface area contributed by atoms with Crippen molar-refractivity contribution in [1.29, 1.82) is 0 Å². The Bertz CT molecular complexity index is 357. The highest BCUT2D eigenvalue weighted by Gasteiger charge is 2.03. The van der Waals surface area contributed by atoms with Gasteiger partial charge in [-0.15, -0.1) is 0 Å². The van der Waals surface area contributed by atoms with Gasteiger partial charge in [0.1, 0.15) is 5.75 Å². The van der Waals surface area contributed by atoms with E-state index in [0.29, 0.717) is 17.9 Å². The summed E-state index contributed by atoms with van der Waals surface area (Å²) in [5.74, 6) is 0.297. The number of nitrogens with one attached hydrogen (secondary N) is 2. The summed E-state index contributed by atoms with van der Waals surface area (Å²) in [6.45, 7) is 1.76. The molecule has 0 fully saturated rings. The first kappa shape index (κ1) is 12.0. The van der Waals surface area contributed by atoms with Crippen molar-refractivity contribution < 1.29 is 14.3 Å². The second-order valence-electron chi connectivity index (χ2n) is 3.07. The highest BCUT2D eigenvalue weighted by molar-refractivity contribution is 5.90. The van der Waals surface area contributed by atoms with E-state index in [1.807, 2.05) is 0 Å². The monoisotopic (exact) mass is 222 g/mol. The van der Waals surface area contributed by atoms with E-state index < -0.39 is 6.09 Å². The Hall–Kier alpha value is -2.04. The number of hydrogen-bond acceptors (Lipinski definition) is 3. The van der Waals surface area contributed by atoms with Crippen molar-refractivity contribution in [2.24, 2.45) is 0 Å². The van der Waals surface area contributed by atoms with E-state index in [-0.39, 0.29) is 5.91 Å². The summed E-state index contributed by atoms with van der Waals surface area (Å²) in [4.78, 5) is 22.1. The van der Waals surface area contributed by atoms with Gasteiger partial charge in [-0.3, -0.25) is 4.79 Å². The topological polar surface area (TPSA) is 67.4 Å². The van der Waals surface area contributed by atoms with Crippen LogP contribution in [0.5, 0.6) is 5.75 Å². The van der Waals surface area contributed by atoms with Gasteiger partial charge in [0.2, 0.25) is 5.91 Å². The standard InChI is InChI=1S/C11H14N2O3/c1-3-10(14)13-8-5-4-6-9(7-8)16-11(15)12-2/h4-7H,3H2,1-2H3,(H,12,15)(H,13,14). The smallest absolute Gasteiger partial charge is 0.410 e. The summed E-state index contributed by atoms with van der Waals surface area (Å²) < 4.78 is 4.92. The molecule has 0 radical (unpaired) electrons. The maximum absolute atomic E-state index is 11.1. The number of benzene rings is 1. The lowest BCUT2D eigenvalue weighted by Crippen LogP contribution is -2.22. The van der Waals surface area contributed by atoms with E-state index in [0.717, 1.165) is 0 Å². The average Bonchev–Trinajstić information content (AvgIpc) is 2.29. The maximum atomic E-state index is 11.1. The third-order valence-electron chi connectivity index (χ3n) is 1.85. The van der Waals surface area contributed by atoms with Crippen LogP contribution in [0.3, 0.4) is 0 Å². The van der Waals surface area contributed by atoms with Crippen molar-refractivity contribution in [2.45, 2.75) is 13.3 Å². The van der Waals surface area contributed by atoms with Gasteiger partial charge in [0.05, 0.1) is 0 Å². The summed E-state index contributed by atoms with van der Waals surface area (Å²) in [5.41, 5.74) is 0.605. The molecular formula is C11H14N2O3. The Balaban J connectivity index is 2.71. The van der Waals surface area contributed by atoms with E-state index in [4.69, 9.17) is 4.74 Å². The lowest BCUT2D eigenvalue weighted by atomic mass is 10.3. The van der Waals surface area contributed by atoms with Gasteiger partial charge < -0.3 is 15.4 Å². The minimum absolute atomic E-state index is 0.0860. The van der Waals surface area contributed by atoms with Crippen LogP contribution in [0.1, 0.15) is 13.3 Å². The Kier molecular flexibility index (Phi) is 4.32. The van der Waals surface area contributed by atoms with Crippen LogP contribution in [-0.2, 0) is 4.79 Å². The fraction of sp³-hybridized carbons (Fsp3) is 0.273. The fourth-order valence-electron chi connectivity index (χ4n) is 1.04. The molecular weight excluding hydrogens is 208 g/mol. The SMILES string of the molecule is CCC(=O)Nc1cccc(OC(=O)NC)c1. The number of amides is 2. The van der Waals surface area contributed by atoms with Gasteiger partial charge in [0, 0.05) is 25.2 Å². The molecule has 1 aromatic rings. The third-order valence-corrected chi connectivity index (χ3v) is 1.85. The van der Waals surface area contributed by atoms with Gasteiger partial charge in [0.15, 0.2) is 0 Å². The zero-order valence-electron chi connectivity index (χ0n) is 9.24. The number of ether oxygens (including phenoxy) is 1. The molecule has 0 bridgehead atoms. The zero-order chi connectivity index (χ0) is 12.0. The van der Waals surface area contributed by atoms with E-state index in [2.05, 4.69) is 10.6 Å². The van der Waals surface area contributed by atoms with Crippen molar-refractivity contribution in [1.82, 2.24) is 5.32 Å². The molecule has 5 nitrogen and oxygen atoms in total. The molecule has 0 aromatic heterocycles. The van der Waals surface area contributed by atoms with Crippen LogP contribution in [-0.4, -0.2) is 19.0 Å². The molecule has 0 aliphatic carbocycles. The quantitative estimate of drug-likeness (QED) is 0.818. The molecule has 0 unspecified atom stereocenters. The second-order valence-corrected chi connectivity index (χ2v) is 3.07. The third kappa shape index (κ3) is 3.61. The average molecular weight is 222 g/mol. The molecule has 16 heavy (non-hydrogen) atoms. The molecule has 0 saturated heterocycles. The normalized spacial score (nSPS) is 9.38. The Morgan fingerprint density at radius 3 is 2.75 bits per heavy atom. The number of carbonyl (C=O) groups excluding carboxylic acids is 2. The second kappa shape index (κ2) is 5.75. The highest BCUT2D eigenvalue weighted by atomic mass is 16.5. The Morgan fingerprint density at radius 2 is 2.12 bits per heavy atom. The minimum atomic E-state index is -0.543. The van der Waals surface area contributed by atoms with Gasteiger partial charge in [-0.2, -0.15) is 0 Å². The van der Waals surface area contributed by atoms with Crippen LogP contribution >= 0.6 is 0 Å². The van der Waals surface area contributed by atoms with Crippen LogP contribution in [0.4, 0.5) is 10.5 Å². The van der Waals surface area contributed by atoms with Crippen LogP contribution in [0.15, 0.2) is 24.3 Å². The lowest BCUT2D eigenvalue weighted by molar-refractivity contribution is -0.115. The Morgan fingerprint density at radius 1 is 1.38 bits per heavy atom. The zero-order valence-corrected chi connectivity index (χ0v) is 9.24. The van der Waals surface area contributed by atoms with Crippen LogP contribution in [0.2, 0.25) is 0 Å². The summed E-state index contributed by atoms with van der Waals surface area (Å²) in [6, 6.07) is 6.65. The van der Waals surface area contributed by atoms with E-state index >= 15 is 0 Å². The molecule has 2 amide bonds. The molecule has 0 atom stereocenters. The van der Waals surface area contributed by atoms with Gasteiger partial charge in [-0.25, -0.2) is 4.79 Å². The van der Waals surface area contributed by atoms with Gasteiger partial charge in [0.25, 0.3) is 0 Å². The molecule has 1 rings (SSSR count). The molecule has 1 aromatic carbocycles. The van der Waals surface area contributed by atoms with Gasteiger partial charge >= 0.3 is 6.09 Å². The molecule has 0 spiro atoms. The summed E-state index contributed by atoms with van der Waals surface area (Å²) in [5, 5.41) is 5.01. The van der Waals surface area contributed by atoms with Crippen molar-refractivity contribution in [2.75, 3.05) is 12.4 Å². The highest BCUT2D eigenvalue weighted by Crippen LogP contribution is 2.17. The first-order valence-electron chi connectivity index (χ1n) is 4.95. The minimum Gasteiger partial charge on any atom is -0.410 e. The summed E-state index contributed by atoms with van der Waals surface area (Å²) >= 11 is 0. The van der Waals surface area contributed by atoms with Crippen molar-refractivity contribution >= 4 is 17.7 Å². The van der Waals surface area contributed by atoms with E-state index in [1.54, 1.807) is 31.2 Å². The fourth-order valence-corrected chi connectivity index (χ4v) is 1.04. The predicted octanol–water partition coefficient (Wildman–Crippen LogP) is 1.75. The first-order chi connectivity index (χ1) is 7.65. The van der Waals surface area contributed by atoms with E-state index in [9.17, 15) is 9.59 Å². The molecule has 0 heterocycles. The molecule has 86 valence electrons. The molecule has 0 aliphatic heterocycles. The molecule has 0 aliphatic rings. The van der Waals surface area contributed by atoms with Crippen LogP contribution < -0.4 is 15.4 Å². The largest absolute Gasteiger partial charge is 0.412 e. The molecule has 5 heteroatoms. The number of hydrogen-bond donors (Lipinski definition) is 2. The van der Waals surface area contributed by atoms with Gasteiger partial charge in [-0.1, -0.05) is 13.0 Å². The molecule has 0 saturated carbocycles. The number of rotatable bonds is 3. The maximum Gasteiger partial charge on any atom is 0.412 e. The number of anilines is 1. The van der Waals surface area contributed by atoms with Crippen LogP contribution in [0.25, 0.3) is 0 Å². The molecule has 2 N–H and O–H groups in total. The van der Waals surface area contributed by atoms with Crippen LogP contribution in [0, 0.1) is 0 Å². The summed E-state index contributed by atoms with van der Waals surface area (Å²) in [6.07, 6.45) is -0.139. The van der Waals surface area contributed by atoms with Crippen molar-refractivity contribution in [3.63, 3.8) is 0 Å².